The number of benzene rings is 1. The molecule has 1 aromatic rings. The van der Waals surface area contributed by atoms with Gasteiger partial charge < -0.3 is 14.5 Å². The number of β-lactam (4-membered cyclic amide) rings is 1. The first-order valence-corrected chi connectivity index (χ1v) is 10.9. The lowest BCUT2D eigenvalue weighted by Crippen LogP contribution is -2.67. The summed E-state index contributed by atoms with van der Waals surface area (Å²) in [5.74, 6) is 0.429. The van der Waals surface area contributed by atoms with Crippen LogP contribution >= 0.6 is 0 Å². The van der Waals surface area contributed by atoms with E-state index in [9.17, 15) is 9.59 Å². The molecule has 1 saturated carbocycles. The maximum Gasteiger partial charge on any atom is 0.248 e. The third-order valence-corrected chi connectivity index (χ3v) is 6.96. The zero-order chi connectivity index (χ0) is 19.6. The quantitative estimate of drug-likeness (QED) is 0.730. The first kappa shape index (κ1) is 19.4. The molecule has 1 aliphatic carbocycles. The van der Waals surface area contributed by atoms with Crippen LogP contribution in [-0.4, -0.2) is 54.0 Å². The Morgan fingerprint density at radius 2 is 1.79 bits per heavy atom. The van der Waals surface area contributed by atoms with Crippen molar-refractivity contribution in [3.05, 3.63) is 35.9 Å². The van der Waals surface area contributed by atoms with Crippen LogP contribution in [0.3, 0.4) is 0 Å². The van der Waals surface area contributed by atoms with Crippen molar-refractivity contribution in [2.75, 3.05) is 26.3 Å². The maximum atomic E-state index is 13.4. The van der Waals surface area contributed by atoms with Gasteiger partial charge in [0.1, 0.15) is 6.61 Å². The fourth-order valence-electron chi connectivity index (χ4n) is 5.53. The Hall–Kier alpha value is -1.88. The summed E-state index contributed by atoms with van der Waals surface area (Å²) in [5.41, 5.74) is 1.10. The summed E-state index contributed by atoms with van der Waals surface area (Å²) in [7, 11) is 0. The maximum absolute atomic E-state index is 13.4. The number of hydrogen-bond donors (Lipinski definition) is 0. The summed E-state index contributed by atoms with van der Waals surface area (Å²) in [6.45, 7) is 4.06. The molecule has 152 valence electrons. The average Bonchev–Trinajstić information content (AvgIpc) is 2.76. The highest BCUT2D eigenvalue weighted by molar-refractivity contribution is 5.91. The van der Waals surface area contributed by atoms with Crippen molar-refractivity contribution in [3.8, 4) is 0 Å². The number of nitrogens with zero attached hydrogens (tertiary/aromatic N) is 2. The molecule has 2 saturated heterocycles. The number of carbonyl (C=O) groups is 2. The normalized spacial score (nSPS) is 25.0. The smallest absolute Gasteiger partial charge is 0.248 e. The van der Waals surface area contributed by atoms with Gasteiger partial charge >= 0.3 is 0 Å². The van der Waals surface area contributed by atoms with E-state index < -0.39 is 0 Å². The number of likely N-dealkylation sites (tertiary alicyclic amines) is 2. The van der Waals surface area contributed by atoms with Crippen LogP contribution in [-0.2, 0) is 14.3 Å². The molecule has 28 heavy (non-hydrogen) atoms. The van der Waals surface area contributed by atoms with Gasteiger partial charge in [-0.25, -0.2) is 0 Å². The average molecular weight is 385 g/mol. The summed E-state index contributed by atoms with van der Waals surface area (Å²) in [6, 6.07) is 11.0. The van der Waals surface area contributed by atoms with Crippen LogP contribution in [0.5, 0.6) is 0 Å². The molecule has 0 aromatic heterocycles. The van der Waals surface area contributed by atoms with Crippen LogP contribution in [0.2, 0.25) is 0 Å². The van der Waals surface area contributed by atoms with E-state index in [1.54, 1.807) is 0 Å². The molecule has 3 fully saturated rings. The summed E-state index contributed by atoms with van der Waals surface area (Å²) in [4.78, 5) is 29.7. The van der Waals surface area contributed by atoms with Crippen molar-refractivity contribution >= 4 is 11.8 Å². The molecular weight excluding hydrogens is 352 g/mol. The second kappa shape index (κ2) is 8.24. The number of amides is 2. The highest BCUT2D eigenvalue weighted by Crippen LogP contribution is 2.59. The van der Waals surface area contributed by atoms with Gasteiger partial charge in [-0.3, -0.25) is 9.59 Å². The van der Waals surface area contributed by atoms with Gasteiger partial charge in [-0.15, -0.1) is 0 Å². The highest BCUT2D eigenvalue weighted by Gasteiger charge is 2.62. The molecule has 1 aromatic carbocycles. The second-order valence-electron chi connectivity index (χ2n) is 8.49. The van der Waals surface area contributed by atoms with Crippen molar-refractivity contribution in [2.45, 2.75) is 64.0 Å². The number of piperidine rings is 1. The van der Waals surface area contributed by atoms with Crippen molar-refractivity contribution in [3.63, 3.8) is 0 Å². The minimum Gasteiger partial charge on any atom is -0.372 e. The van der Waals surface area contributed by atoms with Gasteiger partial charge in [0, 0.05) is 25.7 Å². The molecular formula is C23H32N2O3. The SMILES string of the molecule is CCOCC(=O)N1CCC(N2C(=O)C3(CCCCC3)C2c2ccccc2)CC1. The molecule has 3 aliphatic rings. The second-order valence-corrected chi connectivity index (χ2v) is 8.49. The van der Waals surface area contributed by atoms with Gasteiger partial charge in [-0.1, -0.05) is 49.6 Å². The topological polar surface area (TPSA) is 49.9 Å². The first-order chi connectivity index (χ1) is 13.7. The lowest BCUT2D eigenvalue weighted by molar-refractivity contribution is -0.187. The molecule has 5 heteroatoms. The van der Waals surface area contributed by atoms with E-state index in [2.05, 4.69) is 29.2 Å². The van der Waals surface area contributed by atoms with Gasteiger partial charge in [0.25, 0.3) is 0 Å². The molecule has 2 amide bonds. The standard InChI is InChI=1S/C23H32N2O3/c1-2-28-17-20(26)24-15-11-19(12-16-24)25-21(18-9-5-3-6-10-18)23(22(25)27)13-7-4-8-14-23/h3,5-6,9-10,19,21H,2,4,7-8,11-17H2,1H3. The predicted molar refractivity (Wildman–Crippen MR) is 108 cm³/mol. The van der Waals surface area contributed by atoms with Crippen molar-refractivity contribution in [1.29, 1.82) is 0 Å². The Balaban J connectivity index is 1.48. The van der Waals surface area contributed by atoms with Gasteiger partial charge in [-0.05, 0) is 38.2 Å². The Labute approximate surface area is 168 Å². The third kappa shape index (κ3) is 3.34. The van der Waals surface area contributed by atoms with Crippen LogP contribution in [0, 0.1) is 5.41 Å². The van der Waals surface area contributed by atoms with Crippen LogP contribution in [0.1, 0.15) is 63.5 Å². The monoisotopic (exact) mass is 384 g/mol. The molecule has 0 bridgehead atoms. The minimum atomic E-state index is -0.179. The Morgan fingerprint density at radius 1 is 1.11 bits per heavy atom. The summed E-state index contributed by atoms with van der Waals surface area (Å²) >= 11 is 0. The Kier molecular flexibility index (Phi) is 5.72. The molecule has 5 nitrogen and oxygen atoms in total. The fourth-order valence-corrected chi connectivity index (χ4v) is 5.53. The van der Waals surface area contributed by atoms with E-state index in [0.29, 0.717) is 12.5 Å². The lowest BCUT2D eigenvalue weighted by Gasteiger charge is -2.61. The van der Waals surface area contributed by atoms with Crippen LogP contribution in [0.4, 0.5) is 0 Å². The first-order valence-electron chi connectivity index (χ1n) is 10.9. The predicted octanol–water partition coefficient (Wildman–Crippen LogP) is 3.55. The molecule has 2 aliphatic heterocycles. The number of rotatable bonds is 5. The Morgan fingerprint density at radius 3 is 2.43 bits per heavy atom. The van der Waals surface area contributed by atoms with Crippen molar-refractivity contribution in [2.24, 2.45) is 5.41 Å². The van der Waals surface area contributed by atoms with Crippen LogP contribution in [0.25, 0.3) is 0 Å². The van der Waals surface area contributed by atoms with Crippen LogP contribution in [0.15, 0.2) is 30.3 Å². The number of hydrogen-bond acceptors (Lipinski definition) is 3. The zero-order valence-electron chi connectivity index (χ0n) is 16.9. The largest absolute Gasteiger partial charge is 0.372 e. The van der Waals surface area contributed by atoms with E-state index in [4.69, 9.17) is 4.74 Å². The number of ether oxygens (including phenoxy) is 1. The van der Waals surface area contributed by atoms with Gasteiger partial charge in [0.2, 0.25) is 11.8 Å². The summed E-state index contributed by atoms with van der Waals surface area (Å²) in [6.07, 6.45) is 7.34. The van der Waals surface area contributed by atoms with E-state index in [1.165, 1.54) is 12.0 Å². The van der Waals surface area contributed by atoms with E-state index in [0.717, 1.165) is 51.6 Å². The van der Waals surface area contributed by atoms with Crippen molar-refractivity contribution in [1.82, 2.24) is 9.80 Å². The molecule has 4 rings (SSSR count). The molecule has 0 radical (unpaired) electrons. The van der Waals surface area contributed by atoms with Crippen LogP contribution < -0.4 is 0 Å². The fraction of sp³-hybridized carbons (Fsp3) is 0.652. The van der Waals surface area contributed by atoms with E-state index >= 15 is 0 Å². The summed E-state index contributed by atoms with van der Waals surface area (Å²) < 4.78 is 5.27. The van der Waals surface area contributed by atoms with E-state index in [-0.39, 0.29) is 30.0 Å². The molecule has 1 spiro atoms. The number of carbonyl (C=O) groups excluding carboxylic acids is 2. The lowest BCUT2D eigenvalue weighted by atomic mass is 9.59. The summed E-state index contributed by atoms with van der Waals surface area (Å²) in [5, 5.41) is 0. The third-order valence-electron chi connectivity index (χ3n) is 6.96. The van der Waals surface area contributed by atoms with Gasteiger partial charge in [0.05, 0.1) is 11.5 Å². The molecule has 2 heterocycles. The van der Waals surface area contributed by atoms with Gasteiger partial charge in [-0.2, -0.15) is 0 Å². The minimum absolute atomic E-state index is 0.0681. The van der Waals surface area contributed by atoms with Gasteiger partial charge in [0.15, 0.2) is 0 Å². The zero-order valence-corrected chi connectivity index (χ0v) is 16.9. The Bertz CT molecular complexity index is 691. The molecule has 1 atom stereocenters. The van der Waals surface area contributed by atoms with E-state index in [1.807, 2.05) is 17.9 Å². The molecule has 0 N–H and O–H groups in total. The molecule has 1 unspecified atom stereocenters. The highest BCUT2D eigenvalue weighted by atomic mass is 16.5. The van der Waals surface area contributed by atoms with Crippen molar-refractivity contribution < 1.29 is 14.3 Å².